The second-order valence-corrected chi connectivity index (χ2v) is 5.19. The lowest BCUT2D eigenvalue weighted by Crippen LogP contribution is -2.27. The first-order chi connectivity index (χ1) is 6.94. The summed E-state index contributed by atoms with van der Waals surface area (Å²) in [5, 5.41) is 4.46. The molecule has 0 spiro atoms. The van der Waals surface area contributed by atoms with Crippen LogP contribution in [0, 0.1) is 5.41 Å². The maximum atomic E-state index is 12.0. The lowest BCUT2D eigenvalue weighted by atomic mass is 9.75. The first kappa shape index (κ1) is 10.4. The Hall–Kier alpha value is -1.12. The van der Waals surface area contributed by atoms with E-state index < -0.39 is 0 Å². The zero-order valence-corrected chi connectivity index (χ0v) is 9.92. The van der Waals surface area contributed by atoms with Crippen molar-refractivity contribution in [3.05, 3.63) is 17.0 Å². The van der Waals surface area contributed by atoms with E-state index in [4.69, 9.17) is 0 Å². The predicted molar refractivity (Wildman–Crippen MR) is 59.0 cm³/mol. The molecular formula is C12H18N2O. The third-order valence-corrected chi connectivity index (χ3v) is 3.14. The van der Waals surface area contributed by atoms with Gasteiger partial charge in [-0.15, -0.1) is 0 Å². The minimum atomic E-state index is 0.0729. The molecule has 0 N–H and O–H groups in total. The molecule has 3 heteroatoms. The summed E-state index contributed by atoms with van der Waals surface area (Å²) in [4.78, 5) is 12.0. The number of rotatable bonds is 1. The van der Waals surface area contributed by atoms with Gasteiger partial charge in [-0.05, 0) is 18.3 Å². The van der Waals surface area contributed by atoms with Crippen molar-refractivity contribution in [3.8, 4) is 0 Å². The lowest BCUT2D eigenvalue weighted by molar-refractivity contribution is 0.0911. The SMILES string of the molecule is CCc1c2c(nn1C)CC(C)(C)CC2=O. The summed E-state index contributed by atoms with van der Waals surface area (Å²) in [5.74, 6) is 0.270. The highest BCUT2D eigenvalue weighted by molar-refractivity contribution is 5.99. The first-order valence-corrected chi connectivity index (χ1v) is 5.52. The highest BCUT2D eigenvalue weighted by Gasteiger charge is 2.34. The van der Waals surface area contributed by atoms with Crippen LogP contribution in [0.3, 0.4) is 0 Å². The second-order valence-electron chi connectivity index (χ2n) is 5.19. The predicted octanol–water partition coefficient (Wildman–Crippen LogP) is 2.14. The van der Waals surface area contributed by atoms with Gasteiger partial charge in [-0.1, -0.05) is 20.8 Å². The van der Waals surface area contributed by atoms with E-state index in [1.165, 1.54) is 0 Å². The third kappa shape index (κ3) is 1.60. The molecule has 0 aliphatic heterocycles. The molecule has 0 bridgehead atoms. The summed E-state index contributed by atoms with van der Waals surface area (Å²) in [6.45, 7) is 6.34. The summed E-state index contributed by atoms with van der Waals surface area (Å²) in [7, 11) is 1.93. The Bertz CT molecular complexity index is 416. The molecule has 0 radical (unpaired) electrons. The second kappa shape index (κ2) is 3.19. The van der Waals surface area contributed by atoms with Gasteiger partial charge in [0, 0.05) is 19.2 Å². The van der Waals surface area contributed by atoms with Crippen LogP contribution in [-0.4, -0.2) is 15.6 Å². The number of hydrogen-bond acceptors (Lipinski definition) is 2. The van der Waals surface area contributed by atoms with Gasteiger partial charge >= 0.3 is 0 Å². The van der Waals surface area contributed by atoms with Crippen molar-refractivity contribution in [3.63, 3.8) is 0 Å². The molecule has 3 nitrogen and oxygen atoms in total. The summed E-state index contributed by atoms with van der Waals surface area (Å²) >= 11 is 0. The number of nitrogens with zero attached hydrogens (tertiary/aromatic N) is 2. The van der Waals surface area contributed by atoms with Crippen LogP contribution in [0.2, 0.25) is 0 Å². The maximum absolute atomic E-state index is 12.0. The van der Waals surface area contributed by atoms with Crippen LogP contribution in [0.5, 0.6) is 0 Å². The molecule has 0 amide bonds. The van der Waals surface area contributed by atoms with Crippen LogP contribution in [0.25, 0.3) is 0 Å². The van der Waals surface area contributed by atoms with Gasteiger partial charge in [-0.3, -0.25) is 9.48 Å². The largest absolute Gasteiger partial charge is 0.294 e. The highest BCUT2D eigenvalue weighted by atomic mass is 16.1. The normalized spacial score (nSPS) is 19.1. The zero-order valence-electron chi connectivity index (χ0n) is 9.92. The fourth-order valence-electron chi connectivity index (χ4n) is 2.51. The van der Waals surface area contributed by atoms with Gasteiger partial charge < -0.3 is 0 Å². The van der Waals surface area contributed by atoms with Gasteiger partial charge in [0.2, 0.25) is 0 Å². The van der Waals surface area contributed by atoms with Crippen LogP contribution in [-0.2, 0) is 19.9 Å². The topological polar surface area (TPSA) is 34.9 Å². The average molecular weight is 206 g/mol. The lowest BCUT2D eigenvalue weighted by Gasteiger charge is -2.27. The molecule has 0 saturated heterocycles. The van der Waals surface area contributed by atoms with Crippen molar-refractivity contribution in [1.82, 2.24) is 9.78 Å². The van der Waals surface area contributed by atoms with E-state index in [-0.39, 0.29) is 11.2 Å². The number of aryl methyl sites for hydroxylation is 1. The molecule has 1 aliphatic carbocycles. The Balaban J connectivity index is 2.55. The Morgan fingerprint density at radius 1 is 1.40 bits per heavy atom. The number of fused-ring (bicyclic) bond motifs is 1. The van der Waals surface area contributed by atoms with Crippen molar-refractivity contribution in [2.75, 3.05) is 0 Å². The van der Waals surface area contributed by atoms with Gasteiger partial charge in [0.25, 0.3) is 0 Å². The van der Waals surface area contributed by atoms with Gasteiger partial charge in [0.15, 0.2) is 5.78 Å². The van der Waals surface area contributed by atoms with Crippen LogP contribution < -0.4 is 0 Å². The molecule has 0 aromatic carbocycles. The molecule has 0 saturated carbocycles. The smallest absolute Gasteiger partial charge is 0.167 e. The van der Waals surface area contributed by atoms with E-state index in [9.17, 15) is 4.79 Å². The molecule has 1 heterocycles. The summed E-state index contributed by atoms with van der Waals surface area (Å²) in [5.41, 5.74) is 3.06. The Morgan fingerprint density at radius 2 is 2.07 bits per heavy atom. The van der Waals surface area contributed by atoms with E-state index in [2.05, 4.69) is 25.9 Å². The standard InChI is InChI=1S/C12H18N2O/c1-5-9-11-8(13-14(9)4)6-12(2,3)7-10(11)15/h5-7H2,1-4H3. The highest BCUT2D eigenvalue weighted by Crippen LogP contribution is 2.35. The minimum absolute atomic E-state index is 0.0729. The number of carbonyl (C=O) groups excluding carboxylic acids is 1. The van der Waals surface area contributed by atoms with Crippen LogP contribution >= 0.6 is 0 Å². The van der Waals surface area contributed by atoms with E-state index in [1.807, 2.05) is 11.7 Å². The Kier molecular flexibility index (Phi) is 2.21. The number of carbonyl (C=O) groups is 1. The van der Waals surface area contributed by atoms with E-state index in [0.717, 1.165) is 29.8 Å². The van der Waals surface area contributed by atoms with Gasteiger partial charge in [0.05, 0.1) is 11.3 Å². The van der Waals surface area contributed by atoms with Crippen LogP contribution in [0.1, 0.15) is 48.9 Å². The van der Waals surface area contributed by atoms with Gasteiger partial charge in [0.1, 0.15) is 0 Å². The molecule has 1 aromatic heterocycles. The zero-order chi connectivity index (χ0) is 11.2. The fraction of sp³-hybridized carbons (Fsp3) is 0.667. The van der Waals surface area contributed by atoms with E-state index >= 15 is 0 Å². The number of hydrogen-bond donors (Lipinski definition) is 0. The molecule has 1 aromatic rings. The molecular weight excluding hydrogens is 188 g/mol. The molecule has 82 valence electrons. The summed E-state index contributed by atoms with van der Waals surface area (Å²) in [6, 6.07) is 0. The fourth-order valence-corrected chi connectivity index (χ4v) is 2.51. The Morgan fingerprint density at radius 3 is 2.67 bits per heavy atom. The summed E-state index contributed by atoms with van der Waals surface area (Å²) < 4.78 is 1.87. The van der Waals surface area contributed by atoms with Crippen molar-refractivity contribution >= 4 is 5.78 Å². The maximum Gasteiger partial charge on any atom is 0.167 e. The van der Waals surface area contributed by atoms with Crippen molar-refractivity contribution < 1.29 is 4.79 Å². The molecule has 0 atom stereocenters. The van der Waals surface area contributed by atoms with E-state index in [1.54, 1.807) is 0 Å². The van der Waals surface area contributed by atoms with Crippen LogP contribution in [0.15, 0.2) is 0 Å². The van der Waals surface area contributed by atoms with Crippen molar-refractivity contribution in [2.24, 2.45) is 12.5 Å². The van der Waals surface area contributed by atoms with E-state index in [0.29, 0.717) is 6.42 Å². The third-order valence-electron chi connectivity index (χ3n) is 3.14. The molecule has 15 heavy (non-hydrogen) atoms. The Labute approximate surface area is 90.5 Å². The minimum Gasteiger partial charge on any atom is -0.294 e. The quantitative estimate of drug-likeness (QED) is 0.705. The van der Waals surface area contributed by atoms with Crippen molar-refractivity contribution in [2.45, 2.75) is 40.0 Å². The van der Waals surface area contributed by atoms with Gasteiger partial charge in [-0.25, -0.2) is 0 Å². The monoisotopic (exact) mass is 206 g/mol. The summed E-state index contributed by atoms with van der Waals surface area (Å²) in [6.07, 6.45) is 2.45. The van der Waals surface area contributed by atoms with Gasteiger partial charge in [-0.2, -0.15) is 5.10 Å². The molecule has 0 unspecified atom stereocenters. The molecule has 0 fully saturated rings. The number of Topliss-reactive ketones (excluding diaryl/α,β-unsaturated/α-hetero) is 1. The average Bonchev–Trinajstić information content (AvgIpc) is 2.38. The number of aromatic nitrogens is 2. The molecule has 2 rings (SSSR count). The van der Waals surface area contributed by atoms with Crippen LogP contribution in [0.4, 0.5) is 0 Å². The molecule has 1 aliphatic rings. The van der Waals surface area contributed by atoms with Crippen molar-refractivity contribution in [1.29, 1.82) is 0 Å². The first-order valence-electron chi connectivity index (χ1n) is 5.52. The number of ketones is 1.